The predicted octanol–water partition coefficient (Wildman–Crippen LogP) is 3.44. The van der Waals surface area contributed by atoms with Crippen LogP contribution in [0.5, 0.6) is 5.75 Å². The molecule has 1 N–H and O–H groups in total. The fourth-order valence-electron chi connectivity index (χ4n) is 4.68. The van der Waals surface area contributed by atoms with Gasteiger partial charge in [0.25, 0.3) is 5.91 Å². The zero-order valence-corrected chi connectivity index (χ0v) is 22.7. The van der Waals surface area contributed by atoms with E-state index in [9.17, 15) is 9.59 Å². The molecule has 0 unspecified atom stereocenters. The lowest BCUT2D eigenvalue weighted by molar-refractivity contribution is -0.133. The Kier molecular flexibility index (Phi) is 9.73. The van der Waals surface area contributed by atoms with Crippen LogP contribution in [-0.2, 0) is 9.53 Å². The molecule has 2 aliphatic heterocycles. The van der Waals surface area contributed by atoms with Crippen LogP contribution < -0.4 is 10.1 Å². The maximum atomic E-state index is 13.8. The maximum absolute atomic E-state index is 13.8. The quantitative estimate of drug-likeness (QED) is 0.518. The summed E-state index contributed by atoms with van der Waals surface area (Å²) in [4.78, 5) is 30.7. The first-order valence-corrected chi connectivity index (χ1v) is 13.4. The first-order chi connectivity index (χ1) is 18.5. The second kappa shape index (κ2) is 13.4. The van der Waals surface area contributed by atoms with Crippen molar-refractivity contribution in [2.45, 2.75) is 32.7 Å². The summed E-state index contributed by atoms with van der Waals surface area (Å²) in [7, 11) is 1.63. The molecular formula is C29H39N5O4. The van der Waals surface area contributed by atoms with Gasteiger partial charge in [0.2, 0.25) is 0 Å². The minimum absolute atomic E-state index is 0.0445. The Labute approximate surface area is 225 Å². The standard InChI is InChI=1S/C29H39N5O4/c1-4-12-30-29(36)33(14-13-32-15-17-38-18-16-32)21-28(35)34-27(23-10-8-22(2)9-11-23)20-26(31-34)24-6-5-7-25(19-24)37-3/h5-11,19,27H,4,12-18,20-21H2,1-3H3,(H,30,36)/t27-/m1/s1. The van der Waals surface area contributed by atoms with Gasteiger partial charge in [0.15, 0.2) is 0 Å². The average molecular weight is 522 g/mol. The number of rotatable bonds is 10. The van der Waals surface area contributed by atoms with E-state index in [1.54, 1.807) is 17.0 Å². The van der Waals surface area contributed by atoms with Crippen LogP contribution in [0.1, 0.15) is 42.5 Å². The molecule has 9 heteroatoms. The summed E-state index contributed by atoms with van der Waals surface area (Å²) in [5, 5.41) is 9.30. The molecule has 3 amide bonds. The van der Waals surface area contributed by atoms with Crippen LogP contribution in [0.3, 0.4) is 0 Å². The van der Waals surface area contributed by atoms with Gasteiger partial charge in [0.05, 0.1) is 32.1 Å². The van der Waals surface area contributed by atoms with Crippen LogP contribution in [0.2, 0.25) is 0 Å². The van der Waals surface area contributed by atoms with Crippen molar-refractivity contribution >= 4 is 17.6 Å². The van der Waals surface area contributed by atoms with E-state index in [2.05, 4.69) is 22.3 Å². The Bertz CT molecular complexity index is 1110. The molecule has 1 atom stereocenters. The molecule has 0 radical (unpaired) electrons. The number of hydrogen-bond donors (Lipinski definition) is 1. The van der Waals surface area contributed by atoms with Gasteiger partial charge in [-0.1, -0.05) is 48.9 Å². The number of methoxy groups -OCH3 is 1. The number of morpholine rings is 1. The maximum Gasteiger partial charge on any atom is 0.317 e. The van der Waals surface area contributed by atoms with Gasteiger partial charge in [-0.25, -0.2) is 9.80 Å². The molecule has 204 valence electrons. The van der Waals surface area contributed by atoms with E-state index >= 15 is 0 Å². The number of ether oxygens (including phenoxy) is 2. The number of urea groups is 1. The molecule has 1 saturated heterocycles. The van der Waals surface area contributed by atoms with Crippen LogP contribution in [0.4, 0.5) is 4.79 Å². The van der Waals surface area contributed by atoms with Gasteiger partial charge in [0, 0.05) is 44.7 Å². The second-order valence-electron chi connectivity index (χ2n) is 9.76. The van der Waals surface area contributed by atoms with Crippen LogP contribution in [0.15, 0.2) is 53.6 Å². The normalized spacial score (nSPS) is 17.7. The summed E-state index contributed by atoms with van der Waals surface area (Å²) in [6.45, 7) is 8.75. The zero-order valence-electron chi connectivity index (χ0n) is 22.7. The molecule has 0 bridgehead atoms. The van der Waals surface area contributed by atoms with Gasteiger partial charge < -0.3 is 19.7 Å². The molecule has 0 aromatic heterocycles. The Morgan fingerprint density at radius 2 is 1.92 bits per heavy atom. The highest BCUT2D eigenvalue weighted by Crippen LogP contribution is 2.33. The highest BCUT2D eigenvalue weighted by atomic mass is 16.5. The monoisotopic (exact) mass is 521 g/mol. The number of hydrazone groups is 1. The van der Waals surface area contributed by atoms with Gasteiger partial charge in [-0.15, -0.1) is 0 Å². The molecule has 4 rings (SSSR count). The lowest BCUT2D eigenvalue weighted by Crippen LogP contribution is -2.49. The Morgan fingerprint density at radius 1 is 1.16 bits per heavy atom. The highest BCUT2D eigenvalue weighted by Gasteiger charge is 2.34. The fraction of sp³-hybridized carbons (Fsp3) is 0.483. The fourth-order valence-corrected chi connectivity index (χ4v) is 4.68. The smallest absolute Gasteiger partial charge is 0.317 e. The van der Waals surface area contributed by atoms with E-state index < -0.39 is 0 Å². The molecule has 2 aliphatic rings. The Balaban J connectivity index is 1.56. The summed E-state index contributed by atoms with van der Waals surface area (Å²) in [6.07, 6.45) is 1.41. The van der Waals surface area contributed by atoms with Gasteiger partial charge in [-0.05, 0) is 31.0 Å². The van der Waals surface area contributed by atoms with Crippen molar-refractivity contribution in [2.24, 2.45) is 5.10 Å². The Morgan fingerprint density at radius 3 is 2.63 bits per heavy atom. The number of carbonyl (C=O) groups excluding carboxylic acids is 2. The van der Waals surface area contributed by atoms with E-state index in [4.69, 9.17) is 14.6 Å². The van der Waals surface area contributed by atoms with E-state index in [1.165, 1.54) is 0 Å². The summed E-state index contributed by atoms with van der Waals surface area (Å²) in [5.74, 6) is 0.533. The van der Waals surface area contributed by atoms with Crippen molar-refractivity contribution in [2.75, 3.05) is 59.6 Å². The topological polar surface area (TPSA) is 86.7 Å². The molecule has 38 heavy (non-hydrogen) atoms. The molecule has 1 fully saturated rings. The van der Waals surface area contributed by atoms with Crippen LogP contribution in [0, 0.1) is 6.92 Å². The third-order valence-corrected chi connectivity index (χ3v) is 6.96. The highest BCUT2D eigenvalue weighted by molar-refractivity contribution is 6.03. The van der Waals surface area contributed by atoms with Crippen molar-refractivity contribution < 1.29 is 19.1 Å². The number of amides is 3. The van der Waals surface area contributed by atoms with Crippen LogP contribution in [0.25, 0.3) is 0 Å². The summed E-state index contributed by atoms with van der Waals surface area (Å²) >= 11 is 0. The van der Waals surface area contributed by atoms with Gasteiger partial charge in [-0.3, -0.25) is 9.69 Å². The first kappa shape index (κ1) is 27.6. The second-order valence-corrected chi connectivity index (χ2v) is 9.76. The number of carbonyl (C=O) groups is 2. The predicted molar refractivity (Wildman–Crippen MR) is 147 cm³/mol. The summed E-state index contributed by atoms with van der Waals surface area (Å²) in [5.41, 5.74) is 3.90. The largest absolute Gasteiger partial charge is 0.497 e. The van der Waals surface area contributed by atoms with Crippen molar-refractivity contribution in [3.8, 4) is 5.75 Å². The molecule has 0 spiro atoms. The van der Waals surface area contributed by atoms with Crippen LogP contribution >= 0.6 is 0 Å². The van der Waals surface area contributed by atoms with Crippen molar-refractivity contribution in [3.63, 3.8) is 0 Å². The SMILES string of the molecule is CCCNC(=O)N(CCN1CCOCC1)CC(=O)N1N=C(c2cccc(OC)c2)C[C@@H]1c1ccc(C)cc1. The average Bonchev–Trinajstić information content (AvgIpc) is 3.40. The molecule has 2 aromatic carbocycles. The minimum atomic E-state index is -0.246. The van der Waals surface area contributed by atoms with E-state index in [0.717, 1.165) is 47.7 Å². The lowest BCUT2D eigenvalue weighted by atomic mass is 9.97. The molecule has 0 aliphatic carbocycles. The zero-order chi connectivity index (χ0) is 26.9. The third kappa shape index (κ3) is 7.11. The number of benzene rings is 2. The van der Waals surface area contributed by atoms with Crippen molar-refractivity contribution in [1.82, 2.24) is 20.1 Å². The van der Waals surface area contributed by atoms with Crippen LogP contribution in [-0.4, -0.2) is 92.1 Å². The first-order valence-electron chi connectivity index (χ1n) is 13.4. The van der Waals surface area contributed by atoms with Gasteiger partial charge >= 0.3 is 6.03 Å². The van der Waals surface area contributed by atoms with E-state index in [0.29, 0.717) is 39.3 Å². The summed E-state index contributed by atoms with van der Waals surface area (Å²) in [6, 6.07) is 15.5. The number of nitrogens with zero attached hydrogens (tertiary/aromatic N) is 4. The van der Waals surface area contributed by atoms with Gasteiger partial charge in [0.1, 0.15) is 12.3 Å². The summed E-state index contributed by atoms with van der Waals surface area (Å²) < 4.78 is 10.8. The number of nitrogens with one attached hydrogen (secondary N) is 1. The molecule has 2 aromatic rings. The van der Waals surface area contributed by atoms with Crippen molar-refractivity contribution in [1.29, 1.82) is 0 Å². The van der Waals surface area contributed by atoms with Gasteiger partial charge in [-0.2, -0.15) is 5.10 Å². The molecule has 9 nitrogen and oxygen atoms in total. The minimum Gasteiger partial charge on any atom is -0.497 e. The Hall–Kier alpha value is -3.43. The molecular weight excluding hydrogens is 482 g/mol. The molecule has 2 heterocycles. The lowest BCUT2D eigenvalue weighted by Gasteiger charge is -2.31. The molecule has 0 saturated carbocycles. The van der Waals surface area contributed by atoms with E-state index in [1.807, 2.05) is 50.2 Å². The number of aryl methyl sites for hydroxylation is 1. The van der Waals surface area contributed by atoms with Crippen molar-refractivity contribution in [3.05, 3.63) is 65.2 Å². The number of hydrogen-bond acceptors (Lipinski definition) is 6. The third-order valence-electron chi connectivity index (χ3n) is 6.96. The van der Waals surface area contributed by atoms with E-state index in [-0.39, 0.29) is 24.5 Å².